The topological polar surface area (TPSA) is 88.1 Å². The van der Waals surface area contributed by atoms with Gasteiger partial charge in [-0.3, -0.25) is 4.90 Å². The summed E-state index contributed by atoms with van der Waals surface area (Å²) in [5.74, 6) is 0.0921. The van der Waals surface area contributed by atoms with Crippen molar-refractivity contribution in [3.05, 3.63) is 138 Å². The zero-order chi connectivity index (χ0) is 33.5. The molecule has 1 heterocycles. The van der Waals surface area contributed by atoms with Crippen molar-refractivity contribution < 1.29 is 23.0 Å². The Hall–Kier alpha value is -3.63. The van der Waals surface area contributed by atoms with Crippen molar-refractivity contribution in [1.82, 2.24) is 9.62 Å². The van der Waals surface area contributed by atoms with Gasteiger partial charge in [-0.15, -0.1) is 6.58 Å². The molecule has 1 saturated heterocycles. The molecule has 8 heteroatoms. The van der Waals surface area contributed by atoms with Gasteiger partial charge in [0.15, 0.2) is 6.29 Å². The summed E-state index contributed by atoms with van der Waals surface area (Å²) in [7, 11) is -3.62. The van der Waals surface area contributed by atoms with Crippen molar-refractivity contribution in [1.29, 1.82) is 0 Å². The molecular weight excluding hydrogens is 621 g/mol. The molecule has 2 fully saturated rings. The number of ether oxygens (including phenoxy) is 2. The maximum absolute atomic E-state index is 12.8. The minimum atomic E-state index is -3.62. The van der Waals surface area contributed by atoms with Crippen LogP contribution in [0.15, 0.2) is 121 Å². The normalized spacial score (nSPS) is 21.8. The maximum Gasteiger partial charge on any atom is 0.240 e. The second kappa shape index (κ2) is 15.7. The lowest BCUT2D eigenvalue weighted by Crippen LogP contribution is -2.47. The minimum absolute atomic E-state index is 0.000510. The fourth-order valence-corrected chi connectivity index (χ4v) is 7.99. The van der Waals surface area contributed by atoms with E-state index in [9.17, 15) is 13.5 Å². The van der Waals surface area contributed by atoms with E-state index in [0.29, 0.717) is 6.04 Å². The molecule has 0 radical (unpaired) electrons. The van der Waals surface area contributed by atoms with Crippen LogP contribution < -0.4 is 4.72 Å². The van der Waals surface area contributed by atoms with Crippen LogP contribution >= 0.6 is 0 Å². The highest BCUT2D eigenvalue weighted by Crippen LogP contribution is 2.43. The summed E-state index contributed by atoms with van der Waals surface area (Å²) in [5.41, 5.74) is 5.68. The molecule has 2 N–H and O–H groups in total. The number of nitrogens with one attached hydrogen (secondary N) is 1. The zero-order valence-electron chi connectivity index (χ0n) is 27.6. The van der Waals surface area contributed by atoms with Gasteiger partial charge in [0.1, 0.15) is 0 Å². The van der Waals surface area contributed by atoms with Crippen LogP contribution in [0.5, 0.6) is 0 Å². The Kier molecular flexibility index (Phi) is 11.2. The Bertz CT molecular complexity index is 1760. The van der Waals surface area contributed by atoms with E-state index in [4.69, 9.17) is 9.47 Å². The van der Waals surface area contributed by atoms with Gasteiger partial charge in [0.25, 0.3) is 0 Å². The summed E-state index contributed by atoms with van der Waals surface area (Å²) in [6.07, 6.45) is 6.08. The van der Waals surface area contributed by atoms with Crippen LogP contribution in [0.25, 0.3) is 11.1 Å². The molecule has 6 rings (SSSR count). The Morgan fingerprint density at radius 2 is 1.56 bits per heavy atom. The summed E-state index contributed by atoms with van der Waals surface area (Å²) in [6.45, 7) is 8.05. The molecule has 1 aliphatic heterocycles. The molecule has 4 atom stereocenters. The molecule has 0 aromatic heterocycles. The van der Waals surface area contributed by atoms with Crippen molar-refractivity contribution in [2.24, 2.45) is 5.92 Å². The first-order valence-corrected chi connectivity index (χ1v) is 18.4. The number of hydrogen-bond donors (Lipinski definition) is 2. The number of aliphatic hydroxyl groups excluding tert-OH is 1. The van der Waals surface area contributed by atoms with Crippen LogP contribution in [0, 0.1) is 5.92 Å². The van der Waals surface area contributed by atoms with Crippen LogP contribution in [0.4, 0.5) is 0 Å². The Morgan fingerprint density at radius 1 is 0.854 bits per heavy atom. The first kappa shape index (κ1) is 34.2. The van der Waals surface area contributed by atoms with E-state index in [1.807, 2.05) is 54.6 Å². The summed E-state index contributed by atoms with van der Waals surface area (Å²) in [6, 6.07) is 33.1. The predicted molar refractivity (Wildman–Crippen MR) is 189 cm³/mol. The SMILES string of the molecule is C=CCN(C[C@H]1O[C@@H](c2cccc(-c3cccc(CNS(=O)(=O)c4ccccc4)c3)c2)O[C@@H](c2ccc(CO)cc2)[C@H]1C)C1CCCC1. The van der Waals surface area contributed by atoms with Gasteiger partial charge in [0.2, 0.25) is 10.0 Å². The standard InChI is InChI=1S/C40H46N2O5S/c1-3-23-42(36-15-7-8-16-36)27-38-29(2)39(32-21-19-30(28-43)20-22-32)47-40(46-38)35-14-10-13-34(25-35)33-12-9-11-31(24-33)26-41-48(44,45)37-17-5-4-6-18-37/h3-6,9-14,17-22,24-25,29,36,38-41,43H,1,7-8,15-16,23,26-28H2,2H3/t29-,38+,39+,40+/m0/s1. The fraction of sp³-hybridized carbons (Fsp3) is 0.350. The van der Waals surface area contributed by atoms with Gasteiger partial charge in [0.05, 0.1) is 23.7 Å². The average molecular weight is 667 g/mol. The molecular formula is C40H46N2O5S. The van der Waals surface area contributed by atoms with Gasteiger partial charge in [-0.25, -0.2) is 13.1 Å². The van der Waals surface area contributed by atoms with Gasteiger partial charge in [-0.1, -0.05) is 105 Å². The second-order valence-corrected chi connectivity index (χ2v) is 14.7. The van der Waals surface area contributed by atoms with E-state index >= 15 is 0 Å². The number of aliphatic hydroxyl groups is 1. The first-order chi connectivity index (χ1) is 23.3. The molecule has 2 aliphatic rings. The van der Waals surface area contributed by atoms with Crippen molar-refractivity contribution in [2.75, 3.05) is 13.1 Å². The summed E-state index contributed by atoms with van der Waals surface area (Å²) in [4.78, 5) is 2.77. The van der Waals surface area contributed by atoms with E-state index < -0.39 is 16.3 Å². The van der Waals surface area contributed by atoms with Gasteiger partial charge >= 0.3 is 0 Å². The van der Waals surface area contributed by atoms with Gasteiger partial charge in [0, 0.05) is 37.2 Å². The summed E-state index contributed by atoms with van der Waals surface area (Å²) in [5, 5.41) is 9.63. The lowest BCUT2D eigenvalue weighted by atomic mass is 9.89. The molecule has 4 aromatic carbocycles. The number of sulfonamides is 1. The third-order valence-corrected chi connectivity index (χ3v) is 11.1. The molecule has 7 nitrogen and oxygen atoms in total. The predicted octanol–water partition coefficient (Wildman–Crippen LogP) is 7.55. The van der Waals surface area contributed by atoms with Crippen LogP contribution in [-0.4, -0.2) is 43.7 Å². The van der Waals surface area contributed by atoms with Crippen LogP contribution in [0.3, 0.4) is 0 Å². The minimum Gasteiger partial charge on any atom is -0.392 e. The van der Waals surface area contributed by atoms with E-state index in [1.54, 1.807) is 30.3 Å². The molecule has 0 amide bonds. The lowest BCUT2D eigenvalue weighted by molar-refractivity contribution is -0.276. The quantitative estimate of drug-likeness (QED) is 0.143. The van der Waals surface area contributed by atoms with E-state index in [-0.39, 0.29) is 36.2 Å². The fourth-order valence-electron chi connectivity index (χ4n) is 6.95. The molecule has 0 spiro atoms. The number of benzene rings is 4. The molecule has 1 aliphatic carbocycles. The molecule has 0 bridgehead atoms. The lowest BCUT2D eigenvalue weighted by Gasteiger charge is -2.43. The van der Waals surface area contributed by atoms with Crippen molar-refractivity contribution >= 4 is 10.0 Å². The van der Waals surface area contributed by atoms with E-state index in [1.165, 1.54) is 25.7 Å². The van der Waals surface area contributed by atoms with Crippen LogP contribution in [0.1, 0.15) is 67.3 Å². The highest BCUT2D eigenvalue weighted by molar-refractivity contribution is 7.89. The van der Waals surface area contributed by atoms with Gasteiger partial charge < -0.3 is 14.6 Å². The Balaban J connectivity index is 1.25. The molecule has 1 saturated carbocycles. The average Bonchev–Trinajstić information content (AvgIpc) is 3.67. The largest absolute Gasteiger partial charge is 0.392 e. The number of hydrogen-bond acceptors (Lipinski definition) is 6. The Morgan fingerprint density at radius 3 is 2.27 bits per heavy atom. The van der Waals surface area contributed by atoms with E-state index in [2.05, 4.69) is 47.4 Å². The number of nitrogens with zero attached hydrogens (tertiary/aromatic N) is 1. The van der Waals surface area contributed by atoms with Crippen LogP contribution in [-0.2, 0) is 32.6 Å². The maximum atomic E-state index is 12.8. The molecule has 252 valence electrons. The Labute approximate surface area is 285 Å². The zero-order valence-corrected chi connectivity index (χ0v) is 28.4. The molecule has 4 aromatic rings. The van der Waals surface area contributed by atoms with Crippen LogP contribution in [0.2, 0.25) is 0 Å². The highest BCUT2D eigenvalue weighted by atomic mass is 32.2. The summed E-state index contributed by atoms with van der Waals surface area (Å²) >= 11 is 0. The smallest absolute Gasteiger partial charge is 0.240 e. The monoisotopic (exact) mass is 666 g/mol. The van der Waals surface area contributed by atoms with Crippen molar-refractivity contribution in [2.45, 2.75) is 75.2 Å². The van der Waals surface area contributed by atoms with Crippen molar-refractivity contribution in [3.8, 4) is 11.1 Å². The van der Waals surface area contributed by atoms with Gasteiger partial charge in [-0.2, -0.15) is 0 Å². The third-order valence-electron chi connectivity index (χ3n) is 9.68. The first-order valence-electron chi connectivity index (χ1n) is 16.9. The third kappa shape index (κ3) is 8.14. The summed E-state index contributed by atoms with van der Waals surface area (Å²) < 4.78 is 42.0. The van der Waals surface area contributed by atoms with Crippen molar-refractivity contribution in [3.63, 3.8) is 0 Å². The molecule has 0 unspecified atom stereocenters. The van der Waals surface area contributed by atoms with Gasteiger partial charge in [-0.05, 0) is 64.9 Å². The van der Waals surface area contributed by atoms with E-state index in [0.717, 1.165) is 46.5 Å². The number of rotatable bonds is 13. The second-order valence-electron chi connectivity index (χ2n) is 13.0. The highest BCUT2D eigenvalue weighted by Gasteiger charge is 2.40. The molecule has 48 heavy (non-hydrogen) atoms.